The van der Waals surface area contributed by atoms with E-state index in [1.54, 1.807) is 0 Å². The van der Waals surface area contributed by atoms with Crippen molar-refractivity contribution in [2.75, 3.05) is 18.5 Å². The van der Waals surface area contributed by atoms with Gasteiger partial charge in [0.1, 0.15) is 6.17 Å². The van der Waals surface area contributed by atoms with Gasteiger partial charge in [0.2, 0.25) is 0 Å². The Bertz CT molecular complexity index is 1030. The molecule has 0 saturated heterocycles. The van der Waals surface area contributed by atoms with Crippen LogP contribution in [0.5, 0.6) is 0 Å². The fourth-order valence-corrected chi connectivity index (χ4v) is 4.56. The lowest BCUT2D eigenvalue weighted by Crippen LogP contribution is -2.44. The van der Waals surface area contributed by atoms with Crippen molar-refractivity contribution < 1.29 is 9.53 Å². The zero-order chi connectivity index (χ0) is 21.1. The van der Waals surface area contributed by atoms with Crippen molar-refractivity contribution in [3.63, 3.8) is 0 Å². The molecular formula is C24H22Br2N2O2. The fraction of sp³-hybridized carbons (Fsp3) is 0.208. The highest BCUT2D eigenvalue weighted by Gasteiger charge is 2.37. The van der Waals surface area contributed by atoms with E-state index in [1.807, 2.05) is 43.3 Å². The SMILES string of the molecule is CCOC(=O)CN1[C@H](c2ccccc2)c2cc(Br)ccc2N[C@H]1c1ccc(Br)cc1. The van der Waals surface area contributed by atoms with Gasteiger partial charge in [-0.15, -0.1) is 0 Å². The molecule has 3 aromatic carbocycles. The highest BCUT2D eigenvalue weighted by atomic mass is 79.9. The Kier molecular flexibility index (Phi) is 6.56. The molecule has 0 aromatic heterocycles. The van der Waals surface area contributed by atoms with E-state index in [2.05, 4.69) is 78.5 Å². The lowest BCUT2D eigenvalue weighted by Gasteiger charge is -2.44. The van der Waals surface area contributed by atoms with E-state index in [0.717, 1.165) is 31.3 Å². The molecule has 4 nitrogen and oxygen atoms in total. The number of carbonyl (C=O) groups excluding carboxylic acids is 1. The van der Waals surface area contributed by atoms with Gasteiger partial charge in [-0.25, -0.2) is 0 Å². The normalized spacial score (nSPS) is 18.4. The average Bonchev–Trinajstić information content (AvgIpc) is 2.75. The van der Waals surface area contributed by atoms with Crippen LogP contribution in [-0.4, -0.2) is 24.0 Å². The zero-order valence-electron chi connectivity index (χ0n) is 16.5. The third-order valence-electron chi connectivity index (χ3n) is 5.18. The van der Waals surface area contributed by atoms with Crippen LogP contribution in [0.15, 0.2) is 81.7 Å². The largest absolute Gasteiger partial charge is 0.465 e. The lowest BCUT2D eigenvalue weighted by molar-refractivity contribution is -0.145. The summed E-state index contributed by atoms with van der Waals surface area (Å²) in [6, 6.07) is 24.6. The summed E-state index contributed by atoms with van der Waals surface area (Å²) in [5, 5.41) is 3.64. The van der Waals surface area contributed by atoms with Gasteiger partial charge in [0.05, 0.1) is 19.2 Å². The molecule has 1 heterocycles. The van der Waals surface area contributed by atoms with Crippen LogP contribution in [0.2, 0.25) is 0 Å². The second-order valence-electron chi connectivity index (χ2n) is 7.12. The highest BCUT2D eigenvalue weighted by Crippen LogP contribution is 2.44. The Balaban J connectivity index is 1.86. The van der Waals surface area contributed by atoms with Crippen LogP contribution < -0.4 is 5.32 Å². The molecule has 0 amide bonds. The van der Waals surface area contributed by atoms with Gasteiger partial charge in [0, 0.05) is 14.6 Å². The smallest absolute Gasteiger partial charge is 0.320 e. The molecule has 0 spiro atoms. The summed E-state index contributed by atoms with van der Waals surface area (Å²) in [5.41, 5.74) is 4.38. The van der Waals surface area contributed by atoms with Crippen LogP contribution >= 0.6 is 31.9 Å². The van der Waals surface area contributed by atoms with Gasteiger partial charge in [-0.2, -0.15) is 0 Å². The molecule has 0 aliphatic carbocycles. The van der Waals surface area contributed by atoms with E-state index in [-0.39, 0.29) is 24.7 Å². The van der Waals surface area contributed by atoms with Crippen molar-refractivity contribution in [3.8, 4) is 0 Å². The van der Waals surface area contributed by atoms with Crippen LogP contribution in [0.3, 0.4) is 0 Å². The van der Waals surface area contributed by atoms with E-state index < -0.39 is 0 Å². The van der Waals surface area contributed by atoms with Crippen molar-refractivity contribution in [2.45, 2.75) is 19.1 Å². The molecule has 0 saturated carbocycles. The molecule has 154 valence electrons. The number of rotatable bonds is 5. The number of fused-ring (bicyclic) bond motifs is 1. The summed E-state index contributed by atoms with van der Waals surface area (Å²) >= 11 is 7.13. The highest BCUT2D eigenvalue weighted by molar-refractivity contribution is 9.10. The van der Waals surface area contributed by atoms with Crippen LogP contribution in [0.4, 0.5) is 5.69 Å². The minimum absolute atomic E-state index is 0.0991. The Morgan fingerprint density at radius 2 is 1.67 bits per heavy atom. The minimum atomic E-state index is -0.235. The Labute approximate surface area is 193 Å². The molecule has 1 aliphatic rings. The molecule has 4 rings (SSSR count). The molecule has 3 aromatic rings. The number of anilines is 1. The summed E-state index contributed by atoms with van der Waals surface area (Å²) in [6.07, 6.45) is -0.179. The Hall–Kier alpha value is -2.15. The fourth-order valence-electron chi connectivity index (χ4n) is 3.91. The van der Waals surface area contributed by atoms with Gasteiger partial charge in [-0.05, 0) is 53.9 Å². The summed E-state index contributed by atoms with van der Waals surface area (Å²) in [4.78, 5) is 14.8. The molecule has 0 unspecified atom stereocenters. The van der Waals surface area contributed by atoms with Gasteiger partial charge in [-0.3, -0.25) is 9.69 Å². The maximum atomic E-state index is 12.6. The summed E-state index contributed by atoms with van der Waals surface area (Å²) < 4.78 is 7.34. The minimum Gasteiger partial charge on any atom is -0.465 e. The Morgan fingerprint density at radius 1 is 0.967 bits per heavy atom. The number of hydrogen-bond acceptors (Lipinski definition) is 4. The van der Waals surface area contributed by atoms with Crippen molar-refractivity contribution in [1.82, 2.24) is 4.90 Å². The van der Waals surface area contributed by atoms with Gasteiger partial charge >= 0.3 is 5.97 Å². The molecule has 0 bridgehead atoms. The number of esters is 1. The van der Waals surface area contributed by atoms with Crippen molar-refractivity contribution in [2.24, 2.45) is 0 Å². The molecule has 0 radical (unpaired) electrons. The first kappa shape index (κ1) is 21.1. The van der Waals surface area contributed by atoms with Crippen LogP contribution in [-0.2, 0) is 9.53 Å². The van der Waals surface area contributed by atoms with Gasteiger partial charge in [0.15, 0.2) is 0 Å². The molecule has 0 fully saturated rings. The number of carbonyl (C=O) groups is 1. The monoisotopic (exact) mass is 528 g/mol. The third-order valence-corrected chi connectivity index (χ3v) is 6.20. The summed E-state index contributed by atoms with van der Waals surface area (Å²) in [7, 11) is 0. The van der Waals surface area contributed by atoms with Crippen LogP contribution in [0.1, 0.15) is 35.8 Å². The number of halogens is 2. The molecule has 1 N–H and O–H groups in total. The predicted molar refractivity (Wildman–Crippen MR) is 126 cm³/mol. The van der Waals surface area contributed by atoms with E-state index in [9.17, 15) is 4.79 Å². The predicted octanol–water partition coefficient (Wildman–Crippen LogP) is 6.29. The second kappa shape index (κ2) is 9.33. The molecular weight excluding hydrogens is 508 g/mol. The van der Waals surface area contributed by atoms with E-state index in [4.69, 9.17) is 4.74 Å². The lowest BCUT2D eigenvalue weighted by atomic mass is 9.91. The first-order chi connectivity index (χ1) is 14.6. The molecule has 1 aliphatic heterocycles. The van der Waals surface area contributed by atoms with Crippen LogP contribution in [0, 0.1) is 0 Å². The van der Waals surface area contributed by atoms with Crippen molar-refractivity contribution in [1.29, 1.82) is 0 Å². The molecule has 30 heavy (non-hydrogen) atoms. The number of nitrogens with zero attached hydrogens (tertiary/aromatic N) is 1. The number of benzene rings is 3. The first-order valence-corrected chi connectivity index (χ1v) is 11.4. The Morgan fingerprint density at radius 3 is 2.37 bits per heavy atom. The summed E-state index contributed by atoms with van der Waals surface area (Å²) in [5.74, 6) is -0.235. The van der Waals surface area contributed by atoms with E-state index in [1.165, 1.54) is 0 Å². The van der Waals surface area contributed by atoms with Gasteiger partial charge in [-0.1, -0.05) is 74.3 Å². The summed E-state index contributed by atoms with van der Waals surface area (Å²) in [6.45, 7) is 2.37. The topological polar surface area (TPSA) is 41.6 Å². The number of nitrogens with one attached hydrogen (secondary N) is 1. The quantitative estimate of drug-likeness (QED) is 0.394. The molecule has 2 atom stereocenters. The van der Waals surface area contributed by atoms with Gasteiger partial charge in [0.25, 0.3) is 0 Å². The van der Waals surface area contributed by atoms with E-state index in [0.29, 0.717) is 6.61 Å². The third kappa shape index (κ3) is 4.46. The van der Waals surface area contributed by atoms with Gasteiger partial charge < -0.3 is 10.1 Å². The zero-order valence-corrected chi connectivity index (χ0v) is 19.7. The average molecular weight is 530 g/mol. The van der Waals surface area contributed by atoms with E-state index >= 15 is 0 Å². The van der Waals surface area contributed by atoms with Crippen molar-refractivity contribution in [3.05, 3.63) is 98.4 Å². The first-order valence-electron chi connectivity index (χ1n) is 9.84. The van der Waals surface area contributed by atoms with Crippen molar-refractivity contribution >= 4 is 43.5 Å². The maximum absolute atomic E-state index is 12.6. The van der Waals surface area contributed by atoms with Crippen LogP contribution in [0.25, 0.3) is 0 Å². The second-order valence-corrected chi connectivity index (χ2v) is 8.95. The standard InChI is InChI=1S/C24H22Br2N2O2/c1-2-30-22(29)15-28-23(16-6-4-3-5-7-16)20-14-19(26)12-13-21(20)27-24(28)17-8-10-18(25)11-9-17/h3-14,23-24,27H,2,15H2,1H3/t23-,24-/m1/s1. The maximum Gasteiger partial charge on any atom is 0.320 e. The number of hydrogen-bond donors (Lipinski definition) is 1. The number of ether oxygens (including phenoxy) is 1. The molecule has 6 heteroatoms.